The first kappa shape index (κ1) is 19.9. The highest BCUT2D eigenvalue weighted by molar-refractivity contribution is 5.93. The Bertz CT molecular complexity index is 1010. The van der Waals surface area contributed by atoms with Gasteiger partial charge in [-0.25, -0.2) is 9.97 Å². The van der Waals surface area contributed by atoms with Crippen LogP contribution in [0.1, 0.15) is 10.5 Å². The first-order chi connectivity index (χ1) is 14.1. The van der Waals surface area contributed by atoms with Gasteiger partial charge in [0.2, 0.25) is 0 Å². The molecular formula is C22H22N4O3. The molecule has 0 radical (unpaired) electrons. The number of rotatable bonds is 8. The molecule has 0 atom stereocenters. The molecule has 3 rings (SSSR count). The highest BCUT2D eigenvalue weighted by Crippen LogP contribution is 2.31. The van der Waals surface area contributed by atoms with Crippen molar-refractivity contribution in [3.05, 3.63) is 72.9 Å². The van der Waals surface area contributed by atoms with Gasteiger partial charge in [-0.3, -0.25) is 4.79 Å². The van der Waals surface area contributed by atoms with Crippen molar-refractivity contribution in [2.75, 3.05) is 26.1 Å². The molecule has 2 aromatic carbocycles. The van der Waals surface area contributed by atoms with Gasteiger partial charge in [-0.15, -0.1) is 6.58 Å². The quantitative estimate of drug-likeness (QED) is 0.569. The number of carbonyl (C=O) groups excluding carboxylic acids is 1. The van der Waals surface area contributed by atoms with Crippen molar-refractivity contribution < 1.29 is 14.3 Å². The highest BCUT2D eigenvalue weighted by Gasteiger charge is 2.14. The van der Waals surface area contributed by atoms with Crippen LogP contribution in [0.5, 0.6) is 11.5 Å². The molecule has 1 aromatic heterocycles. The molecule has 0 saturated carbocycles. The Labute approximate surface area is 169 Å². The van der Waals surface area contributed by atoms with E-state index in [1.54, 1.807) is 44.6 Å². The Morgan fingerprint density at radius 3 is 2.55 bits per heavy atom. The van der Waals surface area contributed by atoms with Gasteiger partial charge in [0.05, 0.1) is 19.9 Å². The summed E-state index contributed by atoms with van der Waals surface area (Å²) in [7, 11) is 3.17. The lowest BCUT2D eigenvalue weighted by Gasteiger charge is -2.14. The normalized spacial score (nSPS) is 10.1. The molecule has 0 aliphatic carbocycles. The fourth-order valence-corrected chi connectivity index (χ4v) is 2.65. The molecule has 0 aliphatic rings. The zero-order chi connectivity index (χ0) is 20.6. The van der Waals surface area contributed by atoms with Crippen molar-refractivity contribution in [1.29, 1.82) is 0 Å². The van der Waals surface area contributed by atoms with Crippen molar-refractivity contribution >= 4 is 17.4 Å². The molecule has 148 valence electrons. The maximum atomic E-state index is 12.5. The molecule has 1 amide bonds. The molecule has 0 aliphatic heterocycles. The SMILES string of the molecule is C=CCNC(=O)c1cc(Nc2cc(OC)ccc2OC)nc(-c2ccccc2)n1. The van der Waals surface area contributed by atoms with Crippen molar-refractivity contribution in [3.8, 4) is 22.9 Å². The fourth-order valence-electron chi connectivity index (χ4n) is 2.65. The van der Waals surface area contributed by atoms with Crippen LogP contribution >= 0.6 is 0 Å². The van der Waals surface area contributed by atoms with Gasteiger partial charge in [0, 0.05) is 24.2 Å². The van der Waals surface area contributed by atoms with Crippen LogP contribution < -0.4 is 20.1 Å². The van der Waals surface area contributed by atoms with E-state index in [0.29, 0.717) is 35.4 Å². The van der Waals surface area contributed by atoms with E-state index >= 15 is 0 Å². The second-order valence-electron chi connectivity index (χ2n) is 6.02. The zero-order valence-electron chi connectivity index (χ0n) is 16.3. The molecular weight excluding hydrogens is 368 g/mol. The summed E-state index contributed by atoms with van der Waals surface area (Å²) in [6.45, 7) is 3.96. The van der Waals surface area contributed by atoms with Gasteiger partial charge >= 0.3 is 0 Å². The molecule has 7 nitrogen and oxygen atoms in total. The summed E-state index contributed by atoms with van der Waals surface area (Å²) in [5, 5.41) is 5.94. The van der Waals surface area contributed by atoms with Crippen LogP contribution in [0.4, 0.5) is 11.5 Å². The van der Waals surface area contributed by atoms with Crippen LogP contribution in [0.2, 0.25) is 0 Å². The van der Waals surface area contributed by atoms with Gasteiger partial charge in [-0.05, 0) is 12.1 Å². The topological polar surface area (TPSA) is 85.4 Å². The first-order valence-corrected chi connectivity index (χ1v) is 8.97. The van der Waals surface area contributed by atoms with Gasteiger partial charge in [0.1, 0.15) is 23.0 Å². The lowest BCUT2D eigenvalue weighted by molar-refractivity contribution is 0.0953. The van der Waals surface area contributed by atoms with E-state index in [-0.39, 0.29) is 11.6 Å². The third-order valence-corrected chi connectivity index (χ3v) is 4.07. The van der Waals surface area contributed by atoms with Gasteiger partial charge in [-0.2, -0.15) is 0 Å². The number of amides is 1. The van der Waals surface area contributed by atoms with E-state index in [0.717, 1.165) is 5.56 Å². The van der Waals surface area contributed by atoms with E-state index < -0.39 is 0 Å². The number of nitrogens with one attached hydrogen (secondary N) is 2. The Kier molecular flexibility index (Phi) is 6.42. The van der Waals surface area contributed by atoms with Crippen molar-refractivity contribution in [2.24, 2.45) is 0 Å². The number of hydrogen-bond acceptors (Lipinski definition) is 6. The summed E-state index contributed by atoms with van der Waals surface area (Å²) < 4.78 is 10.7. The molecule has 0 spiro atoms. The number of anilines is 2. The molecule has 7 heteroatoms. The summed E-state index contributed by atoms with van der Waals surface area (Å²) in [6.07, 6.45) is 1.61. The van der Waals surface area contributed by atoms with E-state index in [1.807, 2.05) is 30.3 Å². The van der Waals surface area contributed by atoms with Crippen LogP contribution in [-0.4, -0.2) is 36.6 Å². The van der Waals surface area contributed by atoms with E-state index in [9.17, 15) is 4.79 Å². The Morgan fingerprint density at radius 1 is 1.07 bits per heavy atom. The van der Waals surface area contributed by atoms with E-state index in [4.69, 9.17) is 9.47 Å². The summed E-state index contributed by atoms with van der Waals surface area (Å²) in [6, 6.07) is 16.4. The minimum Gasteiger partial charge on any atom is -0.497 e. The Balaban J connectivity index is 2.03. The van der Waals surface area contributed by atoms with Gasteiger partial charge in [0.15, 0.2) is 5.82 Å². The standard InChI is InChI=1S/C22H22N4O3/c1-4-12-23-22(27)18-14-20(26-21(25-18)15-8-6-5-7-9-15)24-17-13-16(28-2)10-11-19(17)29-3/h4-11,13-14H,1,12H2,2-3H3,(H,23,27)(H,24,25,26). The molecule has 3 aromatic rings. The number of aromatic nitrogens is 2. The number of ether oxygens (including phenoxy) is 2. The van der Waals surface area contributed by atoms with Crippen LogP contribution in [0.15, 0.2) is 67.3 Å². The average Bonchev–Trinajstić information content (AvgIpc) is 2.77. The van der Waals surface area contributed by atoms with Gasteiger partial charge in [-0.1, -0.05) is 36.4 Å². The lowest BCUT2D eigenvalue weighted by Crippen LogP contribution is -2.24. The highest BCUT2D eigenvalue weighted by atomic mass is 16.5. The number of carbonyl (C=O) groups is 1. The number of nitrogens with zero attached hydrogens (tertiary/aromatic N) is 2. The van der Waals surface area contributed by atoms with Crippen LogP contribution in [-0.2, 0) is 0 Å². The van der Waals surface area contributed by atoms with Crippen molar-refractivity contribution in [1.82, 2.24) is 15.3 Å². The zero-order valence-corrected chi connectivity index (χ0v) is 16.3. The molecule has 0 unspecified atom stereocenters. The van der Waals surface area contributed by atoms with Gasteiger partial charge in [0.25, 0.3) is 5.91 Å². The Hall–Kier alpha value is -3.87. The van der Waals surface area contributed by atoms with Gasteiger partial charge < -0.3 is 20.1 Å². The maximum Gasteiger partial charge on any atom is 0.270 e. The molecule has 29 heavy (non-hydrogen) atoms. The monoisotopic (exact) mass is 390 g/mol. The van der Waals surface area contributed by atoms with Crippen molar-refractivity contribution in [3.63, 3.8) is 0 Å². The molecule has 2 N–H and O–H groups in total. The minimum absolute atomic E-state index is 0.241. The second kappa shape index (κ2) is 9.36. The fraction of sp³-hybridized carbons (Fsp3) is 0.136. The summed E-state index contributed by atoms with van der Waals surface area (Å²) >= 11 is 0. The predicted molar refractivity (Wildman–Crippen MR) is 113 cm³/mol. The average molecular weight is 390 g/mol. The largest absolute Gasteiger partial charge is 0.497 e. The smallest absolute Gasteiger partial charge is 0.270 e. The van der Waals surface area contributed by atoms with Crippen molar-refractivity contribution in [2.45, 2.75) is 0 Å². The third-order valence-electron chi connectivity index (χ3n) is 4.07. The molecule has 0 fully saturated rings. The second-order valence-corrected chi connectivity index (χ2v) is 6.02. The van der Waals surface area contributed by atoms with Crippen LogP contribution in [0, 0.1) is 0 Å². The third kappa shape index (κ3) is 4.90. The minimum atomic E-state index is -0.315. The number of benzene rings is 2. The predicted octanol–water partition coefficient (Wildman–Crippen LogP) is 3.82. The Morgan fingerprint density at radius 2 is 1.86 bits per heavy atom. The molecule has 0 bridgehead atoms. The van der Waals surface area contributed by atoms with E-state index in [2.05, 4.69) is 27.2 Å². The van der Waals surface area contributed by atoms with Crippen LogP contribution in [0.25, 0.3) is 11.4 Å². The molecule has 1 heterocycles. The summed E-state index contributed by atoms with van der Waals surface area (Å²) in [5.41, 5.74) is 1.69. The first-order valence-electron chi connectivity index (χ1n) is 8.97. The summed E-state index contributed by atoms with van der Waals surface area (Å²) in [4.78, 5) is 21.5. The number of hydrogen-bond donors (Lipinski definition) is 2. The number of methoxy groups -OCH3 is 2. The lowest BCUT2D eigenvalue weighted by atomic mass is 10.2. The maximum absolute atomic E-state index is 12.5. The van der Waals surface area contributed by atoms with E-state index in [1.165, 1.54) is 0 Å². The van der Waals surface area contributed by atoms with Crippen LogP contribution in [0.3, 0.4) is 0 Å². The summed E-state index contributed by atoms with van der Waals surface area (Å²) in [5.74, 6) is 1.85. The molecule has 0 saturated heterocycles.